The van der Waals surface area contributed by atoms with Crippen LogP contribution in [-0.2, 0) is 44.5 Å². The van der Waals surface area contributed by atoms with Crippen LogP contribution in [0, 0.1) is 11.8 Å². The predicted octanol–water partition coefficient (Wildman–Crippen LogP) is 5.61. The summed E-state index contributed by atoms with van der Waals surface area (Å²) in [6.45, 7) is 6.03. The Labute approximate surface area is 255 Å². The van der Waals surface area contributed by atoms with Crippen LogP contribution in [0.25, 0.3) is 0 Å². The lowest BCUT2D eigenvalue weighted by Crippen LogP contribution is -2.27. The molecule has 0 aromatic heterocycles. The Kier molecular flexibility index (Phi) is 12.6. The van der Waals surface area contributed by atoms with E-state index in [4.69, 9.17) is 9.47 Å². The van der Waals surface area contributed by atoms with Gasteiger partial charge in [0.25, 0.3) is 10.1 Å². The number of ether oxygens (including phenoxy) is 2. The number of unbranched alkanes of at least 4 members (excludes halogenated alkanes) is 1. The second kappa shape index (κ2) is 15.3. The zero-order valence-electron chi connectivity index (χ0n) is 25.6. The maximum atomic E-state index is 12.9. The van der Waals surface area contributed by atoms with Gasteiger partial charge in [-0.3, -0.25) is 14.1 Å². The molecule has 2 aliphatic carbocycles. The molecule has 3 rings (SSSR count). The summed E-state index contributed by atoms with van der Waals surface area (Å²) in [6, 6.07) is 3.35. The molecular weight excluding hydrogens is 600 g/mol. The fourth-order valence-corrected chi connectivity index (χ4v) is 7.50. The van der Waals surface area contributed by atoms with Gasteiger partial charge in [-0.2, -0.15) is 16.8 Å². The molecule has 0 spiro atoms. The lowest BCUT2D eigenvalue weighted by atomic mass is 9.69. The molecule has 1 aromatic carbocycles. The third-order valence-corrected chi connectivity index (χ3v) is 10.3. The van der Waals surface area contributed by atoms with Crippen LogP contribution in [-0.4, -0.2) is 51.9 Å². The first-order valence-corrected chi connectivity index (χ1v) is 18.3. The number of rotatable bonds is 14. The van der Waals surface area contributed by atoms with Gasteiger partial charge in [-0.1, -0.05) is 65.7 Å². The normalized spacial score (nSPS) is 20.5. The van der Waals surface area contributed by atoms with Gasteiger partial charge in [0.1, 0.15) is 11.5 Å². The molecule has 1 aromatic rings. The van der Waals surface area contributed by atoms with Crippen LogP contribution in [0.5, 0.6) is 11.5 Å². The molecule has 13 heteroatoms. The summed E-state index contributed by atoms with van der Waals surface area (Å²) in [4.78, 5) is 29.8. The Morgan fingerprint density at radius 3 is 1.91 bits per heavy atom. The maximum Gasteiger partial charge on any atom is 0.329 e. The van der Waals surface area contributed by atoms with Crippen molar-refractivity contribution < 1.29 is 49.7 Å². The molecule has 244 valence electrons. The highest BCUT2D eigenvalue weighted by Crippen LogP contribution is 2.49. The summed E-state index contributed by atoms with van der Waals surface area (Å²) in [7, 11) is -8.04. The molecule has 0 saturated heterocycles. The van der Waals surface area contributed by atoms with Crippen molar-refractivity contribution in [3.05, 3.63) is 23.3 Å². The summed E-state index contributed by atoms with van der Waals surface area (Å²) in [6.07, 6.45) is 12.1. The molecular formula is C30H46O11S2. The quantitative estimate of drug-likeness (QED) is 0.0879. The van der Waals surface area contributed by atoms with Crippen molar-refractivity contribution in [3.8, 4) is 11.5 Å². The van der Waals surface area contributed by atoms with E-state index in [1.165, 1.54) is 32.1 Å². The second-order valence-electron chi connectivity index (χ2n) is 12.5. The van der Waals surface area contributed by atoms with Crippen molar-refractivity contribution in [3.63, 3.8) is 0 Å². The van der Waals surface area contributed by atoms with Gasteiger partial charge in [-0.05, 0) is 73.0 Å². The average Bonchev–Trinajstić information content (AvgIpc) is 2.91. The minimum atomic E-state index is -4.66. The number of carbonyl (C=O) groups excluding carboxylic acids is 2. The molecule has 2 aliphatic rings. The molecule has 0 heterocycles. The maximum absolute atomic E-state index is 12.9. The number of carbonyl (C=O) groups is 2. The number of hydrogen-bond donors (Lipinski definition) is 1. The lowest BCUT2D eigenvalue weighted by molar-refractivity contribution is -0.172. The van der Waals surface area contributed by atoms with E-state index in [2.05, 4.69) is 16.1 Å². The molecule has 2 fully saturated rings. The standard InChI is InChI=1S/C30H46O11S2/c1-5-6-16-30(2,3)24-17-25(39-27(31)19-42(33,34)35)29(26(18-24)40-28(32)20-43(36,37)41-38-4)23-14-12-22(13-15-23)21-10-8-7-9-11-21/h17-18,21-23H,5-16,19-20H2,1-4H3,(H,33,34,35). The molecule has 0 bridgehead atoms. The van der Waals surface area contributed by atoms with Crippen molar-refractivity contribution in [2.45, 2.75) is 109 Å². The SMILES string of the molecule is CCCCC(C)(C)c1cc(OC(=O)CS(=O)(=O)O)c(C2CCC(C3CCCCC3)CC2)c(OC(=O)CS(=O)(=O)OOC)c1. The number of esters is 2. The Bertz CT molecular complexity index is 1320. The third-order valence-electron chi connectivity index (χ3n) is 8.75. The van der Waals surface area contributed by atoms with Crippen LogP contribution >= 0.6 is 0 Å². The summed E-state index contributed by atoms with van der Waals surface area (Å²) in [5.74, 6) is -3.53. The Hall–Kier alpha value is -2.06. The first-order valence-electron chi connectivity index (χ1n) is 15.1. The van der Waals surface area contributed by atoms with Gasteiger partial charge in [0.05, 0.1) is 7.11 Å². The Balaban J connectivity index is 2.05. The number of hydrogen-bond acceptors (Lipinski definition) is 10. The topological polar surface area (TPSA) is 160 Å². The average molecular weight is 647 g/mol. The van der Waals surface area contributed by atoms with Gasteiger partial charge in [-0.15, -0.1) is 4.33 Å². The first kappa shape index (κ1) is 35.4. The van der Waals surface area contributed by atoms with E-state index in [0.717, 1.165) is 52.1 Å². The first-order chi connectivity index (χ1) is 20.1. The van der Waals surface area contributed by atoms with E-state index in [1.54, 1.807) is 12.1 Å². The van der Waals surface area contributed by atoms with Crippen LogP contribution in [0.2, 0.25) is 0 Å². The molecule has 1 N–H and O–H groups in total. The van der Waals surface area contributed by atoms with Crippen molar-refractivity contribution in [2.24, 2.45) is 11.8 Å². The minimum absolute atomic E-state index is 0.0376. The van der Waals surface area contributed by atoms with E-state index < -0.39 is 49.1 Å². The zero-order chi connectivity index (χ0) is 31.8. The summed E-state index contributed by atoms with van der Waals surface area (Å²) in [5, 5.41) is 0. The van der Waals surface area contributed by atoms with Gasteiger partial charge in [0.15, 0.2) is 11.5 Å². The smallest absolute Gasteiger partial charge is 0.329 e. The van der Waals surface area contributed by atoms with Gasteiger partial charge < -0.3 is 9.47 Å². The molecule has 11 nitrogen and oxygen atoms in total. The second-order valence-corrected chi connectivity index (χ2v) is 15.5. The highest BCUT2D eigenvalue weighted by atomic mass is 32.2. The predicted molar refractivity (Wildman–Crippen MR) is 160 cm³/mol. The van der Waals surface area contributed by atoms with Crippen molar-refractivity contribution in [1.82, 2.24) is 0 Å². The molecule has 0 unspecified atom stereocenters. The van der Waals surface area contributed by atoms with Gasteiger partial charge in [0, 0.05) is 5.56 Å². The fourth-order valence-electron chi connectivity index (χ4n) is 6.54. The largest absolute Gasteiger partial charge is 0.425 e. The molecule has 0 aliphatic heterocycles. The van der Waals surface area contributed by atoms with E-state index >= 15 is 0 Å². The monoisotopic (exact) mass is 646 g/mol. The summed E-state index contributed by atoms with van der Waals surface area (Å²) < 4.78 is 71.8. The van der Waals surface area contributed by atoms with Crippen molar-refractivity contribution in [1.29, 1.82) is 0 Å². The summed E-state index contributed by atoms with van der Waals surface area (Å²) in [5.41, 5.74) is 0.595. The van der Waals surface area contributed by atoms with Crippen LogP contribution in [0.15, 0.2) is 12.1 Å². The van der Waals surface area contributed by atoms with Gasteiger partial charge >= 0.3 is 22.1 Å². The summed E-state index contributed by atoms with van der Waals surface area (Å²) >= 11 is 0. The van der Waals surface area contributed by atoms with Gasteiger partial charge in [-0.25, -0.2) is 4.89 Å². The molecule has 43 heavy (non-hydrogen) atoms. The molecule has 0 amide bonds. The highest BCUT2D eigenvalue weighted by Gasteiger charge is 2.35. The molecule has 2 saturated carbocycles. The van der Waals surface area contributed by atoms with Crippen LogP contribution in [0.1, 0.15) is 115 Å². The fraction of sp³-hybridized carbons (Fsp3) is 0.733. The molecule has 0 atom stereocenters. The van der Waals surface area contributed by atoms with E-state index in [1.807, 2.05) is 13.8 Å². The van der Waals surface area contributed by atoms with Crippen molar-refractivity contribution >= 4 is 32.2 Å². The minimum Gasteiger partial charge on any atom is -0.425 e. The lowest BCUT2D eigenvalue weighted by Gasteiger charge is -2.37. The third kappa shape index (κ3) is 10.8. The number of benzene rings is 1. The van der Waals surface area contributed by atoms with Crippen molar-refractivity contribution in [2.75, 3.05) is 18.6 Å². The molecule has 0 radical (unpaired) electrons. The van der Waals surface area contributed by atoms with Crippen LogP contribution < -0.4 is 9.47 Å². The zero-order valence-corrected chi connectivity index (χ0v) is 27.3. The van der Waals surface area contributed by atoms with E-state index in [0.29, 0.717) is 23.0 Å². The highest BCUT2D eigenvalue weighted by molar-refractivity contribution is 7.87. The Morgan fingerprint density at radius 2 is 1.40 bits per heavy atom. The van der Waals surface area contributed by atoms with Gasteiger partial charge in [0.2, 0.25) is 0 Å². The van der Waals surface area contributed by atoms with Crippen LogP contribution in [0.3, 0.4) is 0 Å². The van der Waals surface area contributed by atoms with E-state index in [9.17, 15) is 31.0 Å². The Morgan fingerprint density at radius 1 is 0.860 bits per heavy atom. The van der Waals surface area contributed by atoms with E-state index in [-0.39, 0.29) is 17.4 Å². The van der Waals surface area contributed by atoms with Crippen LogP contribution in [0.4, 0.5) is 0 Å².